The van der Waals surface area contributed by atoms with Crippen molar-refractivity contribution in [1.82, 2.24) is 0 Å². The lowest BCUT2D eigenvalue weighted by Crippen LogP contribution is -1.82. The summed E-state index contributed by atoms with van der Waals surface area (Å²) in [5, 5.41) is 8.68. The molecule has 1 N–H and O–H groups in total. The largest absolute Gasteiger partial charge is 0.396 e. The van der Waals surface area contributed by atoms with Crippen LogP contribution in [-0.2, 0) is 0 Å². The van der Waals surface area contributed by atoms with Gasteiger partial charge in [0.2, 0.25) is 0 Å². The van der Waals surface area contributed by atoms with Crippen molar-refractivity contribution in [3.05, 3.63) is 24.8 Å². The Morgan fingerprint density at radius 3 is 1.27 bits per heavy atom. The lowest BCUT2D eigenvalue weighted by Gasteiger charge is -2.01. The highest BCUT2D eigenvalue weighted by Gasteiger charge is 1.92. The highest BCUT2D eigenvalue weighted by atomic mass is 16.2. The van der Waals surface area contributed by atoms with Crippen molar-refractivity contribution in [3.63, 3.8) is 0 Å². The molecule has 0 aliphatic rings. The number of hydrogen-bond acceptors (Lipinski definition) is 1. The molecule has 0 aromatic rings. The van der Waals surface area contributed by atoms with E-state index < -0.39 is 0 Å². The van der Waals surface area contributed by atoms with Crippen molar-refractivity contribution < 1.29 is 5.11 Å². The van der Waals surface area contributed by atoms with E-state index in [0.717, 1.165) is 6.42 Å². The van der Waals surface area contributed by atoms with E-state index in [0.29, 0.717) is 6.61 Å². The standard InChI is InChI=1S/C21H40O/c1-2-3-4-5-6-7-8-9-10-11-12-13-14-15-16-17-18-19-20-21-22/h2,14-15,22H,1,3-13,16-21H2/b15-14-. The maximum atomic E-state index is 8.68. The molecule has 0 unspecified atom stereocenters. The van der Waals surface area contributed by atoms with Gasteiger partial charge in [0.15, 0.2) is 0 Å². The minimum absolute atomic E-state index is 0.352. The molecule has 0 aliphatic carbocycles. The fourth-order valence-corrected chi connectivity index (χ4v) is 2.75. The Balaban J connectivity index is 3.03. The van der Waals surface area contributed by atoms with E-state index in [1.165, 1.54) is 96.3 Å². The Bertz CT molecular complexity index is 232. The molecule has 0 saturated carbocycles. The van der Waals surface area contributed by atoms with Crippen molar-refractivity contribution in [2.75, 3.05) is 6.61 Å². The van der Waals surface area contributed by atoms with Gasteiger partial charge in [0.05, 0.1) is 0 Å². The molecule has 0 amide bonds. The van der Waals surface area contributed by atoms with Gasteiger partial charge < -0.3 is 5.11 Å². The SMILES string of the molecule is C=CCCCCCCCCCCC/C=C\CCCCCCO. The third-order valence-corrected chi connectivity index (χ3v) is 4.22. The van der Waals surface area contributed by atoms with Crippen LogP contribution in [0.2, 0.25) is 0 Å². The van der Waals surface area contributed by atoms with Gasteiger partial charge in [-0.15, -0.1) is 6.58 Å². The first-order chi connectivity index (χ1) is 10.9. The zero-order valence-electron chi connectivity index (χ0n) is 14.9. The van der Waals surface area contributed by atoms with E-state index >= 15 is 0 Å². The molecule has 1 heteroatoms. The molecule has 0 bridgehead atoms. The monoisotopic (exact) mass is 308 g/mol. The summed E-state index contributed by atoms with van der Waals surface area (Å²) in [7, 11) is 0. The summed E-state index contributed by atoms with van der Waals surface area (Å²) in [5.74, 6) is 0. The maximum absolute atomic E-state index is 8.68. The molecule has 0 heterocycles. The quantitative estimate of drug-likeness (QED) is 0.214. The predicted molar refractivity (Wildman–Crippen MR) is 100 cm³/mol. The first kappa shape index (κ1) is 21.4. The van der Waals surface area contributed by atoms with Gasteiger partial charge in [-0.05, 0) is 44.9 Å². The molecule has 0 spiro atoms. The summed E-state index contributed by atoms with van der Waals surface area (Å²) in [6.45, 7) is 4.11. The lowest BCUT2D eigenvalue weighted by atomic mass is 10.1. The number of rotatable bonds is 18. The summed E-state index contributed by atoms with van der Waals surface area (Å²) in [4.78, 5) is 0. The van der Waals surface area contributed by atoms with Crippen molar-refractivity contribution in [3.8, 4) is 0 Å². The van der Waals surface area contributed by atoms with Crippen molar-refractivity contribution in [2.24, 2.45) is 0 Å². The smallest absolute Gasteiger partial charge is 0.0431 e. The Morgan fingerprint density at radius 1 is 0.500 bits per heavy atom. The van der Waals surface area contributed by atoms with Gasteiger partial charge in [-0.3, -0.25) is 0 Å². The van der Waals surface area contributed by atoms with Crippen LogP contribution in [0.4, 0.5) is 0 Å². The van der Waals surface area contributed by atoms with Crippen LogP contribution in [-0.4, -0.2) is 11.7 Å². The van der Waals surface area contributed by atoms with Crippen molar-refractivity contribution in [2.45, 2.75) is 103 Å². The highest BCUT2D eigenvalue weighted by Crippen LogP contribution is 2.12. The summed E-state index contributed by atoms with van der Waals surface area (Å²) >= 11 is 0. The zero-order valence-corrected chi connectivity index (χ0v) is 14.9. The van der Waals surface area contributed by atoms with E-state index in [2.05, 4.69) is 18.7 Å². The second kappa shape index (κ2) is 20.4. The van der Waals surface area contributed by atoms with E-state index in [1.807, 2.05) is 6.08 Å². The van der Waals surface area contributed by atoms with Crippen LogP contribution in [0.15, 0.2) is 24.8 Å². The predicted octanol–water partition coefficient (Wildman–Crippen LogP) is 6.96. The van der Waals surface area contributed by atoms with Crippen LogP contribution in [0.5, 0.6) is 0 Å². The molecule has 130 valence electrons. The molecule has 0 aliphatic heterocycles. The molecule has 1 nitrogen and oxygen atoms in total. The number of aliphatic hydroxyl groups is 1. The zero-order chi connectivity index (χ0) is 16.1. The second-order valence-corrected chi connectivity index (χ2v) is 6.45. The Kier molecular flexibility index (Phi) is 19.9. The Hall–Kier alpha value is -0.560. The number of aliphatic hydroxyl groups excluding tert-OH is 1. The fraction of sp³-hybridized carbons (Fsp3) is 0.810. The van der Waals surface area contributed by atoms with Gasteiger partial charge in [-0.25, -0.2) is 0 Å². The van der Waals surface area contributed by atoms with Crippen LogP contribution in [0, 0.1) is 0 Å². The molecule has 0 aromatic heterocycles. The summed E-state index contributed by atoms with van der Waals surface area (Å²) in [6.07, 6.45) is 27.7. The summed E-state index contributed by atoms with van der Waals surface area (Å²) in [6, 6.07) is 0. The van der Waals surface area contributed by atoms with Crippen LogP contribution < -0.4 is 0 Å². The normalized spacial score (nSPS) is 11.3. The number of unbranched alkanes of at least 4 members (excludes halogenated alkanes) is 14. The first-order valence-corrected chi connectivity index (χ1v) is 9.78. The highest BCUT2D eigenvalue weighted by molar-refractivity contribution is 4.81. The van der Waals surface area contributed by atoms with Gasteiger partial charge in [0, 0.05) is 6.61 Å². The minimum Gasteiger partial charge on any atom is -0.396 e. The Morgan fingerprint density at radius 2 is 0.864 bits per heavy atom. The maximum Gasteiger partial charge on any atom is 0.0431 e. The first-order valence-electron chi connectivity index (χ1n) is 9.78. The lowest BCUT2D eigenvalue weighted by molar-refractivity contribution is 0.282. The molecule has 0 fully saturated rings. The summed E-state index contributed by atoms with van der Waals surface area (Å²) < 4.78 is 0. The average molecular weight is 309 g/mol. The number of hydrogen-bond donors (Lipinski definition) is 1. The van der Waals surface area contributed by atoms with Crippen LogP contribution in [0.25, 0.3) is 0 Å². The van der Waals surface area contributed by atoms with Crippen molar-refractivity contribution >= 4 is 0 Å². The van der Waals surface area contributed by atoms with E-state index in [4.69, 9.17) is 5.11 Å². The van der Waals surface area contributed by atoms with E-state index in [1.54, 1.807) is 0 Å². The van der Waals surface area contributed by atoms with Gasteiger partial charge in [-0.1, -0.05) is 76.0 Å². The summed E-state index contributed by atoms with van der Waals surface area (Å²) in [5.41, 5.74) is 0. The fourth-order valence-electron chi connectivity index (χ4n) is 2.75. The Labute approximate surface area is 139 Å². The average Bonchev–Trinajstić information content (AvgIpc) is 2.54. The molecule has 0 rings (SSSR count). The van der Waals surface area contributed by atoms with E-state index in [9.17, 15) is 0 Å². The molecule has 0 aromatic carbocycles. The van der Waals surface area contributed by atoms with Gasteiger partial charge in [0.25, 0.3) is 0 Å². The minimum atomic E-state index is 0.352. The second-order valence-electron chi connectivity index (χ2n) is 6.45. The molecular weight excluding hydrogens is 268 g/mol. The van der Waals surface area contributed by atoms with E-state index in [-0.39, 0.29) is 0 Å². The van der Waals surface area contributed by atoms with Gasteiger partial charge in [0.1, 0.15) is 0 Å². The topological polar surface area (TPSA) is 20.2 Å². The van der Waals surface area contributed by atoms with Gasteiger partial charge >= 0.3 is 0 Å². The van der Waals surface area contributed by atoms with Crippen LogP contribution >= 0.6 is 0 Å². The third-order valence-electron chi connectivity index (χ3n) is 4.22. The molecule has 0 radical (unpaired) electrons. The van der Waals surface area contributed by atoms with Crippen LogP contribution in [0.3, 0.4) is 0 Å². The van der Waals surface area contributed by atoms with Crippen molar-refractivity contribution in [1.29, 1.82) is 0 Å². The molecular formula is C21H40O. The third kappa shape index (κ3) is 19.4. The number of allylic oxidation sites excluding steroid dienone is 3. The van der Waals surface area contributed by atoms with Crippen LogP contribution in [0.1, 0.15) is 103 Å². The molecule has 0 atom stereocenters. The van der Waals surface area contributed by atoms with Gasteiger partial charge in [-0.2, -0.15) is 0 Å². The molecule has 0 saturated heterocycles. The molecule has 22 heavy (non-hydrogen) atoms.